The van der Waals surface area contributed by atoms with Crippen LogP contribution in [0.3, 0.4) is 0 Å². The molecule has 19 heavy (non-hydrogen) atoms. The fraction of sp³-hybridized carbons (Fsp3) is 0.333. The van der Waals surface area contributed by atoms with Crippen molar-refractivity contribution in [1.82, 2.24) is 4.98 Å². The van der Waals surface area contributed by atoms with E-state index in [0.29, 0.717) is 10.8 Å². The molecule has 1 aromatic carbocycles. The van der Waals surface area contributed by atoms with E-state index in [-0.39, 0.29) is 0 Å². The zero-order valence-corrected chi connectivity index (χ0v) is 12.1. The van der Waals surface area contributed by atoms with Gasteiger partial charge in [-0.15, -0.1) is 11.3 Å². The normalized spacial score (nSPS) is 19.0. The lowest BCUT2D eigenvalue weighted by molar-refractivity contribution is 0.684. The van der Waals surface area contributed by atoms with Crippen molar-refractivity contribution in [3.63, 3.8) is 0 Å². The Balaban J connectivity index is 1.81. The van der Waals surface area contributed by atoms with Crippen LogP contribution in [0, 0.1) is 11.3 Å². The van der Waals surface area contributed by atoms with Gasteiger partial charge < -0.3 is 0 Å². The first-order chi connectivity index (χ1) is 9.36. The molecule has 4 heteroatoms. The molecular formula is C15H14N2S2. The summed E-state index contributed by atoms with van der Waals surface area (Å²) in [5, 5.41) is 12.8. The Kier molecular flexibility index (Phi) is 3.86. The summed E-state index contributed by atoms with van der Waals surface area (Å²) in [5.74, 6) is 1.26. The van der Waals surface area contributed by atoms with Crippen LogP contribution in [0.5, 0.6) is 0 Å². The summed E-state index contributed by atoms with van der Waals surface area (Å²) in [5.41, 5.74) is 2.83. The summed E-state index contributed by atoms with van der Waals surface area (Å²) in [7, 11) is 0. The fourth-order valence-electron chi connectivity index (χ4n) is 2.22. The maximum Gasteiger partial charge on any atom is 0.106 e. The first-order valence-electron chi connectivity index (χ1n) is 6.44. The monoisotopic (exact) mass is 286 g/mol. The van der Waals surface area contributed by atoms with Crippen LogP contribution >= 0.6 is 23.1 Å². The minimum Gasteiger partial charge on any atom is -0.240 e. The van der Waals surface area contributed by atoms with E-state index in [1.54, 1.807) is 11.3 Å². The van der Waals surface area contributed by atoms with Crippen molar-refractivity contribution in [2.75, 3.05) is 5.75 Å². The standard InChI is InChI=1S/C15H14N2S2/c16-9-11-4-6-12(7-5-11)13-10-19-15(17-13)14-3-1-2-8-18-14/h4-7,10,14H,1-3,8H2. The summed E-state index contributed by atoms with van der Waals surface area (Å²) in [6.07, 6.45) is 3.92. The van der Waals surface area contributed by atoms with Gasteiger partial charge in [-0.3, -0.25) is 0 Å². The molecule has 0 aliphatic carbocycles. The molecule has 1 aromatic heterocycles. The maximum absolute atomic E-state index is 8.81. The fourth-order valence-corrected chi connectivity index (χ4v) is 4.62. The van der Waals surface area contributed by atoms with E-state index in [2.05, 4.69) is 11.4 Å². The van der Waals surface area contributed by atoms with E-state index in [1.807, 2.05) is 36.0 Å². The van der Waals surface area contributed by atoms with Crippen molar-refractivity contribution < 1.29 is 0 Å². The van der Waals surface area contributed by atoms with Crippen molar-refractivity contribution in [1.29, 1.82) is 5.26 Å². The summed E-state index contributed by atoms with van der Waals surface area (Å²) in [4.78, 5) is 4.77. The third kappa shape index (κ3) is 2.83. The van der Waals surface area contributed by atoms with Gasteiger partial charge in [0, 0.05) is 10.9 Å². The van der Waals surface area contributed by atoms with E-state index < -0.39 is 0 Å². The molecule has 96 valence electrons. The van der Waals surface area contributed by atoms with Gasteiger partial charge in [0.25, 0.3) is 0 Å². The molecule has 1 aliphatic rings. The van der Waals surface area contributed by atoms with Gasteiger partial charge in [0.05, 0.1) is 22.6 Å². The number of hydrogen-bond acceptors (Lipinski definition) is 4. The van der Waals surface area contributed by atoms with Crippen LogP contribution in [0.2, 0.25) is 0 Å². The van der Waals surface area contributed by atoms with Crippen molar-refractivity contribution in [2.45, 2.75) is 24.5 Å². The van der Waals surface area contributed by atoms with E-state index in [0.717, 1.165) is 11.3 Å². The molecule has 0 bridgehead atoms. The van der Waals surface area contributed by atoms with Crippen molar-refractivity contribution in [3.05, 3.63) is 40.2 Å². The van der Waals surface area contributed by atoms with Crippen LogP contribution in [-0.2, 0) is 0 Å². The number of benzene rings is 1. The molecule has 1 aliphatic heterocycles. The van der Waals surface area contributed by atoms with E-state index >= 15 is 0 Å². The number of aromatic nitrogens is 1. The third-order valence-electron chi connectivity index (χ3n) is 3.29. The second-order valence-electron chi connectivity index (χ2n) is 4.62. The Morgan fingerprint density at radius 2 is 2.05 bits per heavy atom. The van der Waals surface area contributed by atoms with Gasteiger partial charge in [-0.25, -0.2) is 4.98 Å². The Labute approximate surface area is 121 Å². The number of rotatable bonds is 2. The van der Waals surface area contributed by atoms with Gasteiger partial charge in [0.2, 0.25) is 0 Å². The Hall–Kier alpha value is -1.31. The predicted octanol–water partition coefficient (Wildman–Crippen LogP) is 4.64. The summed E-state index contributed by atoms with van der Waals surface area (Å²) in [6.45, 7) is 0. The van der Waals surface area contributed by atoms with Crippen LogP contribution in [0.15, 0.2) is 29.6 Å². The Morgan fingerprint density at radius 1 is 1.21 bits per heavy atom. The van der Waals surface area contributed by atoms with Gasteiger partial charge in [0.1, 0.15) is 5.01 Å². The summed E-state index contributed by atoms with van der Waals surface area (Å²) >= 11 is 3.80. The molecule has 2 aromatic rings. The predicted molar refractivity (Wildman–Crippen MR) is 81.3 cm³/mol. The number of nitrogens with zero attached hydrogens (tertiary/aromatic N) is 2. The molecule has 0 amide bonds. The number of thioether (sulfide) groups is 1. The molecule has 1 atom stereocenters. The molecule has 0 saturated carbocycles. The summed E-state index contributed by atoms with van der Waals surface area (Å²) in [6, 6.07) is 9.80. The number of hydrogen-bond donors (Lipinski definition) is 0. The average molecular weight is 286 g/mol. The molecule has 1 saturated heterocycles. The van der Waals surface area contributed by atoms with Crippen LogP contribution in [0.1, 0.15) is 35.1 Å². The van der Waals surface area contributed by atoms with Crippen LogP contribution < -0.4 is 0 Å². The quantitative estimate of drug-likeness (QED) is 0.807. The Bertz CT molecular complexity index is 589. The second kappa shape index (κ2) is 5.77. The largest absolute Gasteiger partial charge is 0.240 e. The molecule has 3 rings (SSSR count). The van der Waals surface area contributed by atoms with E-state index in [4.69, 9.17) is 10.2 Å². The molecule has 2 nitrogen and oxygen atoms in total. The third-order valence-corrected chi connectivity index (χ3v) is 5.78. The molecular weight excluding hydrogens is 272 g/mol. The summed E-state index contributed by atoms with van der Waals surface area (Å²) < 4.78 is 0. The highest BCUT2D eigenvalue weighted by Crippen LogP contribution is 2.40. The lowest BCUT2D eigenvalue weighted by Gasteiger charge is -2.18. The highest BCUT2D eigenvalue weighted by Gasteiger charge is 2.19. The number of thiazole rings is 1. The molecule has 0 N–H and O–H groups in total. The first kappa shape index (κ1) is 12.7. The van der Waals surface area contributed by atoms with Crippen LogP contribution in [0.25, 0.3) is 11.3 Å². The van der Waals surface area contributed by atoms with Gasteiger partial charge >= 0.3 is 0 Å². The molecule has 2 heterocycles. The minimum atomic E-state index is 0.589. The topological polar surface area (TPSA) is 36.7 Å². The Morgan fingerprint density at radius 3 is 2.74 bits per heavy atom. The highest BCUT2D eigenvalue weighted by atomic mass is 32.2. The molecule has 1 fully saturated rings. The lowest BCUT2D eigenvalue weighted by atomic mass is 10.1. The zero-order valence-electron chi connectivity index (χ0n) is 10.5. The lowest BCUT2D eigenvalue weighted by Crippen LogP contribution is -2.01. The first-order valence-corrected chi connectivity index (χ1v) is 8.37. The molecule has 1 unspecified atom stereocenters. The van der Waals surface area contributed by atoms with Gasteiger partial charge in [0.15, 0.2) is 0 Å². The zero-order chi connectivity index (χ0) is 13.1. The van der Waals surface area contributed by atoms with Gasteiger partial charge in [-0.2, -0.15) is 17.0 Å². The van der Waals surface area contributed by atoms with Crippen LogP contribution in [-0.4, -0.2) is 10.7 Å². The minimum absolute atomic E-state index is 0.589. The van der Waals surface area contributed by atoms with E-state index in [1.165, 1.54) is 30.0 Å². The second-order valence-corrected chi connectivity index (χ2v) is 6.82. The van der Waals surface area contributed by atoms with Crippen LogP contribution in [0.4, 0.5) is 0 Å². The smallest absolute Gasteiger partial charge is 0.106 e. The van der Waals surface area contributed by atoms with Crippen molar-refractivity contribution >= 4 is 23.1 Å². The SMILES string of the molecule is N#Cc1ccc(-c2csc(C3CCCCS3)n2)cc1. The maximum atomic E-state index is 8.81. The molecule has 0 radical (unpaired) electrons. The number of nitriles is 1. The van der Waals surface area contributed by atoms with Crippen molar-refractivity contribution in [2.24, 2.45) is 0 Å². The molecule has 0 spiro atoms. The van der Waals surface area contributed by atoms with Crippen molar-refractivity contribution in [3.8, 4) is 17.3 Å². The van der Waals surface area contributed by atoms with E-state index in [9.17, 15) is 0 Å². The van der Waals surface area contributed by atoms with Gasteiger partial charge in [-0.05, 0) is 30.7 Å². The average Bonchev–Trinajstić information content (AvgIpc) is 2.98. The van der Waals surface area contributed by atoms with Gasteiger partial charge in [-0.1, -0.05) is 18.6 Å². The highest BCUT2D eigenvalue weighted by molar-refractivity contribution is 7.99.